The van der Waals surface area contributed by atoms with Crippen LogP contribution in [0.25, 0.3) is 0 Å². The lowest BCUT2D eigenvalue weighted by molar-refractivity contribution is -0.165. The van der Waals surface area contributed by atoms with E-state index < -0.39 is 46.0 Å². The minimum absolute atomic E-state index is 0.396. The second-order valence-corrected chi connectivity index (χ2v) is 8.47. The van der Waals surface area contributed by atoms with Crippen LogP contribution >= 0.6 is 0 Å². The first-order valence-electron chi connectivity index (χ1n) is 9.35. The maximum Gasteiger partial charge on any atom is 0.335 e. The zero-order valence-electron chi connectivity index (χ0n) is 17.2. The lowest BCUT2D eigenvalue weighted by Gasteiger charge is -2.28. The molecule has 0 aliphatic carbocycles. The molecule has 1 aromatic rings. The van der Waals surface area contributed by atoms with Gasteiger partial charge >= 0.3 is 11.9 Å². The number of nitrogens with two attached hydrogens (primary N) is 1. The number of sulfonamides is 1. The Morgan fingerprint density at radius 1 is 1.00 bits per heavy atom. The fourth-order valence-corrected chi connectivity index (χ4v) is 3.04. The van der Waals surface area contributed by atoms with Gasteiger partial charge in [-0.3, -0.25) is 10.1 Å². The molecule has 7 N–H and O–H groups in total. The minimum atomic E-state index is -3.63. The van der Waals surface area contributed by atoms with E-state index in [9.17, 15) is 22.8 Å². The summed E-state index contributed by atoms with van der Waals surface area (Å²) in [6.45, 7) is 2.05. The molecule has 1 saturated heterocycles. The van der Waals surface area contributed by atoms with E-state index in [1.807, 2.05) is 12.1 Å². The number of aliphatic carboxylic acids is 2. The monoisotopic (exact) mass is 474 g/mol. The summed E-state index contributed by atoms with van der Waals surface area (Å²) in [6, 6.07) is 7.13. The van der Waals surface area contributed by atoms with Crippen molar-refractivity contribution >= 4 is 39.5 Å². The SMILES string of the molecule is CS(=O)(=O)N=C(N)NC(=O)c1ccc(N2CCCCC2)cc1.O=C(O)C(O)C(O)C(=O)O. The van der Waals surface area contributed by atoms with Gasteiger partial charge in [-0.15, -0.1) is 4.40 Å². The fraction of sp³-hybridized carbons (Fsp3) is 0.444. The molecule has 1 aliphatic rings. The Morgan fingerprint density at radius 2 is 1.47 bits per heavy atom. The Labute approximate surface area is 184 Å². The highest BCUT2D eigenvalue weighted by molar-refractivity contribution is 7.89. The zero-order chi connectivity index (χ0) is 24.5. The van der Waals surface area contributed by atoms with E-state index in [-0.39, 0.29) is 0 Å². The van der Waals surface area contributed by atoms with Crippen molar-refractivity contribution in [3.63, 3.8) is 0 Å². The summed E-state index contributed by atoms with van der Waals surface area (Å²) in [7, 11) is -3.63. The molecule has 2 atom stereocenters. The van der Waals surface area contributed by atoms with Gasteiger partial charge in [0, 0.05) is 24.3 Å². The van der Waals surface area contributed by atoms with Crippen LogP contribution in [0.1, 0.15) is 29.6 Å². The van der Waals surface area contributed by atoms with Crippen molar-refractivity contribution in [2.24, 2.45) is 10.1 Å². The second-order valence-electron chi connectivity index (χ2n) is 6.82. The number of benzene rings is 1. The van der Waals surface area contributed by atoms with Crippen LogP contribution in [0, 0.1) is 0 Å². The summed E-state index contributed by atoms with van der Waals surface area (Å²) >= 11 is 0. The normalized spacial score (nSPS) is 16.2. The van der Waals surface area contributed by atoms with Crippen molar-refractivity contribution in [3.8, 4) is 0 Å². The van der Waals surface area contributed by atoms with Gasteiger partial charge < -0.3 is 31.1 Å². The highest BCUT2D eigenvalue weighted by Gasteiger charge is 2.29. The number of anilines is 1. The van der Waals surface area contributed by atoms with Crippen molar-refractivity contribution in [2.45, 2.75) is 31.5 Å². The first-order valence-corrected chi connectivity index (χ1v) is 11.2. The number of aliphatic hydroxyl groups excluding tert-OH is 2. The number of carboxylic acid groups (broad SMARTS) is 2. The zero-order valence-corrected chi connectivity index (χ0v) is 18.0. The molecular weight excluding hydrogens is 448 g/mol. The Hall–Kier alpha value is -3.23. The van der Waals surface area contributed by atoms with Crippen LogP contribution in [0.15, 0.2) is 28.7 Å². The molecule has 0 aromatic heterocycles. The third-order valence-electron chi connectivity index (χ3n) is 4.16. The molecule has 32 heavy (non-hydrogen) atoms. The number of carboxylic acids is 2. The van der Waals surface area contributed by atoms with Gasteiger partial charge in [-0.25, -0.2) is 18.0 Å². The van der Waals surface area contributed by atoms with Gasteiger partial charge in [0.2, 0.25) is 5.96 Å². The van der Waals surface area contributed by atoms with Gasteiger partial charge in [-0.05, 0) is 43.5 Å². The average Bonchev–Trinajstić information content (AvgIpc) is 2.72. The van der Waals surface area contributed by atoms with Gasteiger partial charge in [-0.2, -0.15) is 0 Å². The van der Waals surface area contributed by atoms with Crippen LogP contribution in [-0.2, 0) is 19.6 Å². The number of rotatable bonds is 6. The number of carbonyl (C=O) groups is 3. The van der Waals surface area contributed by atoms with Crippen molar-refractivity contribution in [1.29, 1.82) is 0 Å². The summed E-state index contributed by atoms with van der Waals surface area (Å²) in [5.74, 6) is -4.47. The van der Waals surface area contributed by atoms with Crippen molar-refractivity contribution in [2.75, 3.05) is 24.2 Å². The summed E-state index contributed by atoms with van der Waals surface area (Å²) in [4.78, 5) is 33.8. The van der Waals surface area contributed by atoms with Crippen LogP contribution in [0.5, 0.6) is 0 Å². The van der Waals surface area contributed by atoms with Gasteiger partial charge in [0.05, 0.1) is 6.26 Å². The van der Waals surface area contributed by atoms with Crippen LogP contribution < -0.4 is 16.0 Å². The van der Waals surface area contributed by atoms with Gasteiger partial charge in [0.25, 0.3) is 15.9 Å². The molecule has 0 radical (unpaired) electrons. The first kappa shape index (κ1) is 26.8. The standard InChI is InChI=1S/C14H20N4O3S.C4H6O6/c1-22(20,21)17-14(15)16-13(19)11-5-7-12(8-6-11)18-9-3-2-4-10-18;5-1(3(7)8)2(6)4(9)10/h5-8H,2-4,9-10H2,1H3,(H3,15,16,17,19);1-2,5-6H,(H,7,8)(H,9,10). The quantitative estimate of drug-likeness (QED) is 0.207. The summed E-state index contributed by atoms with van der Waals surface area (Å²) in [5, 5.41) is 34.8. The molecule has 2 unspecified atom stereocenters. The predicted molar refractivity (Wildman–Crippen MR) is 114 cm³/mol. The molecule has 178 valence electrons. The molecule has 1 fully saturated rings. The Bertz CT molecular complexity index is 924. The Kier molecular flexibility index (Phi) is 10.0. The lowest BCUT2D eigenvalue weighted by atomic mass is 10.1. The largest absolute Gasteiger partial charge is 0.479 e. The van der Waals surface area contributed by atoms with Gasteiger partial charge in [0.15, 0.2) is 12.2 Å². The topological polar surface area (TPSA) is 220 Å². The van der Waals surface area contributed by atoms with Gasteiger partial charge in [0.1, 0.15) is 0 Å². The van der Waals surface area contributed by atoms with Gasteiger partial charge in [-0.1, -0.05) is 0 Å². The number of aliphatic hydroxyl groups is 2. The molecule has 1 aromatic carbocycles. The maximum atomic E-state index is 11.9. The number of amides is 1. The van der Waals surface area contributed by atoms with Crippen LogP contribution in [0.2, 0.25) is 0 Å². The van der Waals surface area contributed by atoms with E-state index in [0.717, 1.165) is 25.0 Å². The Balaban J connectivity index is 0.000000433. The molecule has 1 heterocycles. The second kappa shape index (κ2) is 12.0. The molecular formula is C18H26N4O9S. The summed E-state index contributed by atoms with van der Waals surface area (Å²) < 4.78 is 25.1. The number of hydrogen-bond acceptors (Lipinski definition) is 8. The van der Waals surface area contributed by atoms with E-state index in [4.69, 9.17) is 26.2 Å². The highest BCUT2D eigenvalue weighted by atomic mass is 32.2. The van der Waals surface area contributed by atoms with Crippen molar-refractivity contribution < 1.29 is 43.2 Å². The number of carbonyl (C=O) groups excluding carboxylic acids is 1. The van der Waals surface area contributed by atoms with E-state index in [0.29, 0.717) is 5.56 Å². The molecule has 0 saturated carbocycles. The van der Waals surface area contributed by atoms with E-state index in [1.165, 1.54) is 19.3 Å². The minimum Gasteiger partial charge on any atom is -0.479 e. The summed E-state index contributed by atoms with van der Waals surface area (Å²) in [6.07, 6.45) is -0.00778. The number of guanidine groups is 1. The van der Waals surface area contributed by atoms with Crippen LogP contribution in [-0.4, -0.2) is 84.2 Å². The van der Waals surface area contributed by atoms with Crippen molar-refractivity contribution in [1.82, 2.24) is 5.32 Å². The Morgan fingerprint density at radius 3 is 1.88 bits per heavy atom. The third kappa shape index (κ3) is 9.28. The van der Waals surface area contributed by atoms with E-state index >= 15 is 0 Å². The van der Waals surface area contributed by atoms with Crippen molar-refractivity contribution in [3.05, 3.63) is 29.8 Å². The lowest BCUT2D eigenvalue weighted by Crippen LogP contribution is -2.39. The van der Waals surface area contributed by atoms with E-state index in [1.54, 1.807) is 12.1 Å². The molecule has 14 heteroatoms. The molecule has 13 nitrogen and oxygen atoms in total. The summed E-state index contributed by atoms with van der Waals surface area (Å²) in [5.41, 5.74) is 6.85. The number of nitrogens with one attached hydrogen (secondary N) is 1. The number of nitrogens with zero attached hydrogens (tertiary/aromatic N) is 2. The highest BCUT2D eigenvalue weighted by Crippen LogP contribution is 2.20. The fourth-order valence-electron chi connectivity index (χ4n) is 2.64. The average molecular weight is 474 g/mol. The van der Waals surface area contributed by atoms with Crippen LogP contribution in [0.4, 0.5) is 5.69 Å². The van der Waals surface area contributed by atoms with E-state index in [2.05, 4.69) is 14.6 Å². The third-order valence-corrected chi connectivity index (χ3v) is 4.69. The first-order chi connectivity index (χ1) is 14.8. The molecule has 0 bridgehead atoms. The molecule has 2 rings (SSSR count). The van der Waals surface area contributed by atoms with Crippen LogP contribution in [0.3, 0.4) is 0 Å². The molecule has 1 amide bonds. The molecule has 1 aliphatic heterocycles. The number of piperidine rings is 1. The molecule has 0 spiro atoms. The predicted octanol–water partition coefficient (Wildman–Crippen LogP) is -1.44. The maximum absolute atomic E-state index is 11.9. The smallest absolute Gasteiger partial charge is 0.335 e. The number of hydrogen-bond donors (Lipinski definition) is 6.